The molecule has 1 aromatic carbocycles. The highest BCUT2D eigenvalue weighted by molar-refractivity contribution is 5.33. The monoisotopic (exact) mass is 284 g/mol. The van der Waals surface area contributed by atoms with Gasteiger partial charge in [0.25, 0.3) is 0 Å². The van der Waals surface area contributed by atoms with Gasteiger partial charge in [-0.1, -0.05) is 25.1 Å². The summed E-state index contributed by atoms with van der Waals surface area (Å²) in [5.74, 6) is 0.254. The number of benzene rings is 1. The van der Waals surface area contributed by atoms with Gasteiger partial charge in [-0.3, -0.25) is 4.90 Å². The highest BCUT2D eigenvalue weighted by Crippen LogP contribution is 2.26. The summed E-state index contributed by atoms with van der Waals surface area (Å²) in [5, 5.41) is 3.30. The number of rotatable bonds is 9. The first-order chi connectivity index (χ1) is 9.70. The van der Waals surface area contributed by atoms with Crippen molar-refractivity contribution in [2.75, 3.05) is 19.6 Å². The number of likely N-dealkylation sites (N-methyl/N-ethyl adjacent to an activating group) is 1. The Bertz CT molecular complexity index is 411. The molecule has 1 aliphatic carbocycles. The average molecular weight is 284 g/mol. The van der Waals surface area contributed by atoms with E-state index in [1.165, 1.54) is 12.8 Å². The zero-order valence-corrected chi connectivity index (χ0v) is 11.8. The zero-order chi connectivity index (χ0) is 14.4. The van der Waals surface area contributed by atoms with E-state index in [0.29, 0.717) is 6.54 Å². The quantitative estimate of drug-likeness (QED) is 0.706. The number of ether oxygens (including phenoxy) is 1. The van der Waals surface area contributed by atoms with Gasteiger partial charge in [-0.2, -0.15) is 8.78 Å². The Labute approximate surface area is 118 Å². The van der Waals surface area contributed by atoms with Crippen molar-refractivity contribution < 1.29 is 13.5 Å². The molecule has 0 atom stereocenters. The van der Waals surface area contributed by atoms with Crippen molar-refractivity contribution in [1.29, 1.82) is 0 Å². The van der Waals surface area contributed by atoms with Crippen molar-refractivity contribution >= 4 is 0 Å². The van der Waals surface area contributed by atoms with E-state index in [-0.39, 0.29) is 5.75 Å². The number of halogens is 2. The van der Waals surface area contributed by atoms with Crippen molar-refractivity contribution in [2.45, 2.75) is 39.0 Å². The van der Waals surface area contributed by atoms with Crippen LogP contribution in [0.1, 0.15) is 25.3 Å². The number of hydrogen-bond acceptors (Lipinski definition) is 3. The third-order valence-corrected chi connectivity index (χ3v) is 3.55. The molecular weight excluding hydrogens is 262 g/mol. The van der Waals surface area contributed by atoms with Crippen LogP contribution in [0.15, 0.2) is 24.3 Å². The van der Waals surface area contributed by atoms with Gasteiger partial charge in [0.05, 0.1) is 0 Å². The molecule has 0 amide bonds. The smallest absolute Gasteiger partial charge is 0.387 e. The second kappa shape index (κ2) is 7.55. The molecule has 1 aromatic rings. The molecule has 0 spiro atoms. The molecule has 0 saturated heterocycles. The van der Waals surface area contributed by atoms with Crippen molar-refractivity contribution in [1.82, 2.24) is 10.2 Å². The lowest BCUT2D eigenvalue weighted by atomic mass is 10.2. The largest absolute Gasteiger partial charge is 0.434 e. The molecule has 20 heavy (non-hydrogen) atoms. The van der Waals surface area contributed by atoms with Gasteiger partial charge < -0.3 is 10.1 Å². The van der Waals surface area contributed by atoms with Gasteiger partial charge in [0.1, 0.15) is 5.75 Å². The molecule has 1 aliphatic rings. The maximum atomic E-state index is 12.3. The van der Waals surface area contributed by atoms with Crippen molar-refractivity contribution in [3.8, 4) is 5.75 Å². The van der Waals surface area contributed by atoms with Gasteiger partial charge in [-0.25, -0.2) is 0 Å². The second-order valence-corrected chi connectivity index (χ2v) is 5.02. The number of hydrogen-bond donors (Lipinski definition) is 1. The molecule has 2 rings (SSSR count). The van der Waals surface area contributed by atoms with Crippen LogP contribution in [-0.2, 0) is 6.54 Å². The fraction of sp³-hybridized carbons (Fsp3) is 0.600. The van der Waals surface area contributed by atoms with Gasteiger partial charge in [-0.05, 0) is 25.5 Å². The molecular formula is C15H22F2N2O. The van der Waals surface area contributed by atoms with E-state index in [4.69, 9.17) is 0 Å². The van der Waals surface area contributed by atoms with Crippen LogP contribution in [0.3, 0.4) is 0 Å². The van der Waals surface area contributed by atoms with E-state index in [0.717, 1.165) is 31.2 Å². The maximum absolute atomic E-state index is 12.3. The summed E-state index contributed by atoms with van der Waals surface area (Å²) >= 11 is 0. The predicted octanol–water partition coefficient (Wildman–Crippen LogP) is 2.86. The molecule has 0 heterocycles. The summed E-state index contributed by atoms with van der Waals surface area (Å²) in [6.07, 6.45) is 2.61. The van der Waals surface area contributed by atoms with Gasteiger partial charge >= 0.3 is 6.61 Å². The fourth-order valence-electron chi connectivity index (χ4n) is 2.35. The summed E-state index contributed by atoms with van der Waals surface area (Å²) in [6, 6.07) is 7.68. The van der Waals surface area contributed by atoms with E-state index >= 15 is 0 Å². The number of para-hydroxylation sites is 1. The minimum atomic E-state index is -2.78. The predicted molar refractivity (Wildman–Crippen MR) is 75.0 cm³/mol. The maximum Gasteiger partial charge on any atom is 0.387 e. The third kappa shape index (κ3) is 4.72. The summed E-state index contributed by atoms with van der Waals surface area (Å²) < 4.78 is 29.1. The molecule has 0 aromatic heterocycles. The highest BCUT2D eigenvalue weighted by Gasteiger charge is 2.26. The first-order valence-electron chi connectivity index (χ1n) is 7.18. The Morgan fingerprint density at radius 1 is 1.35 bits per heavy atom. The third-order valence-electron chi connectivity index (χ3n) is 3.55. The topological polar surface area (TPSA) is 24.5 Å². The number of nitrogens with zero attached hydrogens (tertiary/aromatic N) is 1. The normalized spacial score (nSPS) is 15.1. The highest BCUT2D eigenvalue weighted by atomic mass is 19.3. The Morgan fingerprint density at radius 2 is 2.10 bits per heavy atom. The lowest BCUT2D eigenvalue weighted by Gasteiger charge is -2.20. The molecule has 1 saturated carbocycles. The number of nitrogens with one attached hydrogen (secondary N) is 1. The minimum absolute atomic E-state index is 0.254. The molecule has 0 unspecified atom stereocenters. The van der Waals surface area contributed by atoms with Crippen LogP contribution in [0, 0.1) is 0 Å². The van der Waals surface area contributed by atoms with Crippen molar-refractivity contribution in [3.05, 3.63) is 29.8 Å². The van der Waals surface area contributed by atoms with Gasteiger partial charge in [0, 0.05) is 31.2 Å². The molecule has 1 N–H and O–H groups in total. The van der Waals surface area contributed by atoms with E-state index in [1.54, 1.807) is 12.1 Å². The molecule has 5 heteroatoms. The number of alkyl halides is 2. The second-order valence-electron chi connectivity index (χ2n) is 5.02. The lowest BCUT2D eigenvalue weighted by molar-refractivity contribution is -0.0504. The molecule has 112 valence electrons. The fourth-order valence-corrected chi connectivity index (χ4v) is 2.35. The van der Waals surface area contributed by atoms with E-state index in [2.05, 4.69) is 21.9 Å². The van der Waals surface area contributed by atoms with Crippen LogP contribution in [0.2, 0.25) is 0 Å². The first kappa shape index (κ1) is 15.2. The van der Waals surface area contributed by atoms with Crippen LogP contribution in [0.4, 0.5) is 8.78 Å². The molecule has 0 aliphatic heterocycles. The van der Waals surface area contributed by atoms with Crippen LogP contribution in [0.5, 0.6) is 5.75 Å². The van der Waals surface area contributed by atoms with Crippen molar-refractivity contribution in [3.63, 3.8) is 0 Å². The van der Waals surface area contributed by atoms with Crippen LogP contribution < -0.4 is 10.1 Å². The van der Waals surface area contributed by atoms with E-state index < -0.39 is 6.61 Å². The minimum Gasteiger partial charge on any atom is -0.434 e. The summed E-state index contributed by atoms with van der Waals surface area (Å²) in [5.41, 5.74) is 0.766. The lowest BCUT2D eigenvalue weighted by Crippen LogP contribution is -2.33. The van der Waals surface area contributed by atoms with Crippen LogP contribution in [0.25, 0.3) is 0 Å². The summed E-state index contributed by atoms with van der Waals surface area (Å²) in [7, 11) is 0. The molecule has 3 nitrogen and oxygen atoms in total. The Kier molecular flexibility index (Phi) is 5.73. The Hall–Kier alpha value is -1.20. The van der Waals surface area contributed by atoms with Crippen LogP contribution >= 0.6 is 0 Å². The van der Waals surface area contributed by atoms with Gasteiger partial charge in [-0.15, -0.1) is 0 Å². The van der Waals surface area contributed by atoms with E-state index in [1.807, 2.05) is 12.1 Å². The molecule has 1 fully saturated rings. The first-order valence-corrected chi connectivity index (χ1v) is 7.18. The molecule has 0 radical (unpaired) electrons. The van der Waals surface area contributed by atoms with Crippen molar-refractivity contribution in [2.24, 2.45) is 0 Å². The van der Waals surface area contributed by atoms with Crippen LogP contribution in [-0.4, -0.2) is 37.2 Å². The Morgan fingerprint density at radius 3 is 2.75 bits per heavy atom. The average Bonchev–Trinajstić information content (AvgIpc) is 3.24. The summed E-state index contributed by atoms with van der Waals surface area (Å²) in [4.78, 5) is 2.45. The van der Waals surface area contributed by atoms with E-state index in [9.17, 15) is 8.78 Å². The molecule has 0 bridgehead atoms. The summed E-state index contributed by atoms with van der Waals surface area (Å²) in [6.45, 7) is 2.86. The SMILES string of the molecule is CCN(CCNCc1ccccc1OC(F)F)C1CC1. The van der Waals surface area contributed by atoms with Gasteiger partial charge in [0.15, 0.2) is 0 Å². The zero-order valence-electron chi connectivity index (χ0n) is 11.8. The Balaban J connectivity index is 1.75. The standard InChI is InChI=1S/C15H22F2N2O/c1-2-19(13-7-8-13)10-9-18-11-12-5-3-4-6-14(12)20-15(16)17/h3-6,13,15,18H,2,7-11H2,1H3. The van der Waals surface area contributed by atoms with Gasteiger partial charge in [0.2, 0.25) is 0 Å².